The highest BCUT2D eigenvalue weighted by Crippen LogP contribution is 2.20. The molecule has 0 amide bonds. The van der Waals surface area contributed by atoms with Crippen molar-refractivity contribution in [2.45, 2.75) is 38.2 Å². The van der Waals surface area contributed by atoms with Gasteiger partial charge in [-0.1, -0.05) is 25.0 Å². The number of ether oxygens (including phenoxy) is 2. The molecule has 2 rings (SSSR count). The lowest BCUT2D eigenvalue weighted by Gasteiger charge is -2.11. The average Bonchev–Trinajstić information content (AvgIpc) is 3.00. The fraction of sp³-hybridized carbons (Fsp3) is 0.500. The van der Waals surface area contributed by atoms with Crippen LogP contribution in [0.1, 0.15) is 52.8 Å². The first kappa shape index (κ1) is 15.5. The molecule has 5 nitrogen and oxygen atoms in total. The molecule has 1 N–H and O–H groups in total. The van der Waals surface area contributed by atoms with E-state index in [1.807, 2.05) is 0 Å². The van der Waals surface area contributed by atoms with Gasteiger partial charge in [0.1, 0.15) is 0 Å². The maximum atomic E-state index is 11.9. The van der Waals surface area contributed by atoms with Crippen LogP contribution >= 0.6 is 0 Å². The fourth-order valence-corrected chi connectivity index (χ4v) is 2.45. The first-order valence-electron chi connectivity index (χ1n) is 7.29. The summed E-state index contributed by atoms with van der Waals surface area (Å²) in [7, 11) is 0. The van der Waals surface area contributed by atoms with Crippen molar-refractivity contribution in [2.24, 2.45) is 0 Å². The summed E-state index contributed by atoms with van der Waals surface area (Å²) < 4.78 is 10.8. The van der Waals surface area contributed by atoms with Gasteiger partial charge < -0.3 is 14.6 Å². The molecule has 5 heteroatoms. The molecule has 0 heterocycles. The standard InChI is InChI=1S/C16H20O5/c17-15(18)13-8-3-4-9-14(13)16(19)21-11-5-10-20-12-6-1-2-7-12/h3-4,8-9,12H,1-2,5-7,10-11H2,(H,17,18). The summed E-state index contributed by atoms with van der Waals surface area (Å²) in [6.45, 7) is 0.804. The van der Waals surface area contributed by atoms with Crippen LogP contribution in [0.3, 0.4) is 0 Å². The Morgan fingerprint density at radius 1 is 1.10 bits per heavy atom. The highest BCUT2D eigenvalue weighted by Gasteiger charge is 2.17. The van der Waals surface area contributed by atoms with Gasteiger partial charge in [0, 0.05) is 6.42 Å². The molecule has 21 heavy (non-hydrogen) atoms. The Labute approximate surface area is 123 Å². The third kappa shape index (κ3) is 4.56. The molecule has 0 spiro atoms. The van der Waals surface area contributed by atoms with Crippen LogP contribution in [0.15, 0.2) is 24.3 Å². The number of esters is 1. The third-order valence-corrected chi connectivity index (χ3v) is 3.55. The van der Waals surface area contributed by atoms with E-state index in [2.05, 4.69) is 0 Å². The highest BCUT2D eigenvalue weighted by atomic mass is 16.5. The molecule has 0 radical (unpaired) electrons. The van der Waals surface area contributed by atoms with Crippen molar-refractivity contribution >= 4 is 11.9 Å². The molecule has 0 unspecified atom stereocenters. The van der Waals surface area contributed by atoms with Gasteiger partial charge in [-0.3, -0.25) is 0 Å². The number of carboxylic acids is 1. The number of carboxylic acid groups (broad SMARTS) is 1. The molecule has 0 aromatic heterocycles. The van der Waals surface area contributed by atoms with E-state index < -0.39 is 11.9 Å². The van der Waals surface area contributed by atoms with Crippen molar-refractivity contribution in [1.82, 2.24) is 0 Å². The second kappa shape index (κ2) is 7.78. The van der Waals surface area contributed by atoms with Crippen molar-refractivity contribution in [3.63, 3.8) is 0 Å². The molecule has 1 aromatic rings. The van der Waals surface area contributed by atoms with E-state index in [1.54, 1.807) is 12.1 Å². The minimum Gasteiger partial charge on any atom is -0.478 e. The van der Waals surface area contributed by atoms with Crippen molar-refractivity contribution in [3.05, 3.63) is 35.4 Å². The van der Waals surface area contributed by atoms with Gasteiger partial charge in [0.2, 0.25) is 0 Å². The predicted molar refractivity (Wildman–Crippen MR) is 76.5 cm³/mol. The van der Waals surface area contributed by atoms with Crippen LogP contribution in [0.25, 0.3) is 0 Å². The lowest BCUT2D eigenvalue weighted by Crippen LogP contribution is -2.14. The number of carbonyl (C=O) groups excluding carboxylic acids is 1. The van der Waals surface area contributed by atoms with Gasteiger partial charge in [0.05, 0.1) is 30.4 Å². The summed E-state index contributed by atoms with van der Waals surface area (Å²) in [4.78, 5) is 22.9. The summed E-state index contributed by atoms with van der Waals surface area (Å²) in [6, 6.07) is 6.05. The van der Waals surface area contributed by atoms with Gasteiger partial charge in [0.25, 0.3) is 0 Å². The molecule has 0 atom stereocenters. The first-order valence-corrected chi connectivity index (χ1v) is 7.29. The molecule has 1 aliphatic carbocycles. The predicted octanol–water partition coefficient (Wildman–Crippen LogP) is 2.89. The van der Waals surface area contributed by atoms with Gasteiger partial charge in [-0.05, 0) is 25.0 Å². The second-order valence-corrected chi connectivity index (χ2v) is 5.12. The van der Waals surface area contributed by atoms with E-state index in [0.717, 1.165) is 12.8 Å². The molecule has 1 aromatic carbocycles. The number of aromatic carboxylic acids is 1. The highest BCUT2D eigenvalue weighted by molar-refractivity contribution is 6.02. The normalized spacial score (nSPS) is 15.0. The lowest BCUT2D eigenvalue weighted by molar-refractivity contribution is 0.0308. The Hall–Kier alpha value is -1.88. The van der Waals surface area contributed by atoms with Crippen LogP contribution in [0.4, 0.5) is 0 Å². The van der Waals surface area contributed by atoms with Crippen molar-refractivity contribution in [1.29, 1.82) is 0 Å². The molecule has 1 fully saturated rings. The van der Waals surface area contributed by atoms with Gasteiger partial charge in [-0.25, -0.2) is 9.59 Å². The van der Waals surface area contributed by atoms with Crippen LogP contribution in [0.5, 0.6) is 0 Å². The Kier molecular flexibility index (Phi) is 5.75. The largest absolute Gasteiger partial charge is 0.478 e. The smallest absolute Gasteiger partial charge is 0.339 e. The Morgan fingerprint density at radius 2 is 1.76 bits per heavy atom. The zero-order valence-electron chi connectivity index (χ0n) is 11.9. The maximum Gasteiger partial charge on any atom is 0.339 e. The maximum absolute atomic E-state index is 11.9. The van der Waals surface area contributed by atoms with Gasteiger partial charge in [-0.2, -0.15) is 0 Å². The number of hydrogen-bond donors (Lipinski definition) is 1. The van der Waals surface area contributed by atoms with E-state index in [-0.39, 0.29) is 17.7 Å². The molecule has 1 saturated carbocycles. The van der Waals surface area contributed by atoms with Crippen molar-refractivity contribution in [2.75, 3.05) is 13.2 Å². The summed E-state index contributed by atoms with van der Waals surface area (Å²) in [5, 5.41) is 9.02. The molecule has 1 aliphatic rings. The van der Waals surface area contributed by atoms with Gasteiger partial charge >= 0.3 is 11.9 Å². The van der Waals surface area contributed by atoms with E-state index >= 15 is 0 Å². The van der Waals surface area contributed by atoms with Crippen molar-refractivity contribution in [3.8, 4) is 0 Å². The average molecular weight is 292 g/mol. The molecule has 0 bridgehead atoms. The number of carbonyl (C=O) groups is 2. The monoisotopic (exact) mass is 292 g/mol. The van der Waals surface area contributed by atoms with Crippen LogP contribution in [0, 0.1) is 0 Å². The molecule has 0 saturated heterocycles. The van der Waals surface area contributed by atoms with Crippen LogP contribution in [-0.2, 0) is 9.47 Å². The lowest BCUT2D eigenvalue weighted by atomic mass is 10.1. The fourth-order valence-electron chi connectivity index (χ4n) is 2.45. The summed E-state index contributed by atoms with van der Waals surface area (Å²) in [6.07, 6.45) is 5.67. The second-order valence-electron chi connectivity index (χ2n) is 5.12. The summed E-state index contributed by atoms with van der Waals surface area (Å²) >= 11 is 0. The van der Waals surface area contributed by atoms with E-state index in [0.29, 0.717) is 19.1 Å². The molecular formula is C16H20O5. The van der Waals surface area contributed by atoms with E-state index in [9.17, 15) is 9.59 Å². The Bertz CT molecular complexity index is 491. The van der Waals surface area contributed by atoms with E-state index in [1.165, 1.54) is 25.0 Å². The summed E-state index contributed by atoms with van der Waals surface area (Å²) in [5.74, 6) is -1.74. The van der Waals surface area contributed by atoms with Gasteiger partial charge in [-0.15, -0.1) is 0 Å². The van der Waals surface area contributed by atoms with Gasteiger partial charge in [0.15, 0.2) is 0 Å². The van der Waals surface area contributed by atoms with E-state index in [4.69, 9.17) is 14.6 Å². The van der Waals surface area contributed by atoms with Crippen molar-refractivity contribution < 1.29 is 24.2 Å². The zero-order chi connectivity index (χ0) is 15.1. The Balaban J connectivity index is 1.73. The Morgan fingerprint density at radius 3 is 2.43 bits per heavy atom. The summed E-state index contributed by atoms with van der Waals surface area (Å²) in [5.41, 5.74) is 0.0476. The first-order chi connectivity index (χ1) is 10.2. The van der Waals surface area contributed by atoms with Crippen LogP contribution in [-0.4, -0.2) is 36.4 Å². The quantitative estimate of drug-likeness (QED) is 0.618. The topological polar surface area (TPSA) is 72.8 Å². The zero-order valence-corrected chi connectivity index (χ0v) is 11.9. The molecule has 0 aliphatic heterocycles. The number of hydrogen-bond acceptors (Lipinski definition) is 4. The van der Waals surface area contributed by atoms with Crippen LogP contribution < -0.4 is 0 Å². The molecule has 114 valence electrons. The van der Waals surface area contributed by atoms with Crippen LogP contribution in [0.2, 0.25) is 0 Å². The number of benzene rings is 1. The molecular weight excluding hydrogens is 272 g/mol. The number of rotatable bonds is 7. The SMILES string of the molecule is O=C(O)c1ccccc1C(=O)OCCCOC1CCCC1. The minimum absolute atomic E-state index is 0.0373. The third-order valence-electron chi connectivity index (χ3n) is 3.55. The minimum atomic E-state index is -1.13.